The van der Waals surface area contributed by atoms with Crippen LogP contribution in [0.1, 0.15) is 50.5 Å². The van der Waals surface area contributed by atoms with Gasteiger partial charge in [-0.15, -0.1) is 0 Å². The van der Waals surface area contributed by atoms with Crippen LogP contribution in [0.5, 0.6) is 5.75 Å². The Morgan fingerprint density at radius 2 is 1.59 bits per heavy atom. The minimum atomic E-state index is -3.83. The standard InChI is InChI=1S/C25H34N2O4S/c1-31-23-14-16-24(17-15-23)32(29,30)27(19-18-21-10-6-5-7-11-21)20-25(28)26-22-12-8-3-2-4-9-13-22/h5-7,10-11,14-17,22H,2-4,8-9,12-13,18-20H2,1H3,(H,26,28). The van der Waals surface area contributed by atoms with Crippen molar-refractivity contribution in [1.29, 1.82) is 0 Å². The maximum Gasteiger partial charge on any atom is 0.243 e. The van der Waals surface area contributed by atoms with E-state index in [9.17, 15) is 13.2 Å². The molecule has 0 bridgehead atoms. The summed E-state index contributed by atoms with van der Waals surface area (Å²) in [4.78, 5) is 13.0. The predicted octanol–water partition coefficient (Wildman–Crippen LogP) is 4.16. The highest BCUT2D eigenvalue weighted by Gasteiger charge is 2.27. The number of benzene rings is 2. The Labute approximate surface area is 192 Å². The van der Waals surface area contributed by atoms with Gasteiger partial charge in [0.25, 0.3) is 0 Å². The van der Waals surface area contributed by atoms with Crippen LogP contribution in [0.4, 0.5) is 0 Å². The second-order valence-corrected chi connectivity index (χ2v) is 10.3. The lowest BCUT2D eigenvalue weighted by molar-refractivity contribution is -0.122. The summed E-state index contributed by atoms with van der Waals surface area (Å²) >= 11 is 0. The monoisotopic (exact) mass is 458 g/mol. The van der Waals surface area contributed by atoms with Crippen molar-refractivity contribution in [3.8, 4) is 5.75 Å². The Kier molecular flexibility index (Phi) is 9.11. The summed E-state index contributed by atoms with van der Waals surface area (Å²) in [5.41, 5.74) is 1.03. The van der Waals surface area contributed by atoms with E-state index in [0.29, 0.717) is 12.2 Å². The molecule has 0 heterocycles. The normalized spacial score (nSPS) is 15.7. The van der Waals surface area contributed by atoms with Crippen molar-refractivity contribution in [2.45, 2.75) is 62.3 Å². The van der Waals surface area contributed by atoms with E-state index >= 15 is 0 Å². The van der Waals surface area contributed by atoms with Crippen LogP contribution in [0.15, 0.2) is 59.5 Å². The van der Waals surface area contributed by atoms with E-state index in [2.05, 4.69) is 5.32 Å². The number of rotatable bonds is 9. The highest BCUT2D eigenvalue weighted by Crippen LogP contribution is 2.21. The summed E-state index contributed by atoms with van der Waals surface area (Å²) in [5, 5.41) is 3.09. The molecular weight excluding hydrogens is 424 g/mol. The molecule has 6 nitrogen and oxygen atoms in total. The van der Waals surface area contributed by atoms with Gasteiger partial charge in [-0.1, -0.05) is 62.4 Å². The number of nitrogens with one attached hydrogen (secondary N) is 1. The molecular formula is C25H34N2O4S. The number of hydrogen-bond donors (Lipinski definition) is 1. The molecule has 1 N–H and O–H groups in total. The first-order chi connectivity index (χ1) is 15.5. The fourth-order valence-electron chi connectivity index (χ4n) is 4.11. The van der Waals surface area contributed by atoms with Crippen molar-refractivity contribution in [3.05, 3.63) is 60.2 Å². The van der Waals surface area contributed by atoms with Crippen molar-refractivity contribution in [2.75, 3.05) is 20.2 Å². The number of carbonyl (C=O) groups is 1. The average Bonchev–Trinajstić information content (AvgIpc) is 2.79. The zero-order valence-electron chi connectivity index (χ0n) is 18.8. The van der Waals surface area contributed by atoms with Crippen LogP contribution in [0.25, 0.3) is 0 Å². The molecule has 1 fully saturated rings. The summed E-state index contributed by atoms with van der Waals surface area (Å²) in [6, 6.07) is 16.1. The lowest BCUT2D eigenvalue weighted by Crippen LogP contribution is -2.45. The summed E-state index contributed by atoms with van der Waals surface area (Å²) in [7, 11) is -2.29. The first kappa shape index (κ1) is 24.3. The van der Waals surface area contributed by atoms with Gasteiger partial charge in [-0.25, -0.2) is 8.42 Å². The Hall–Kier alpha value is -2.38. The van der Waals surface area contributed by atoms with Gasteiger partial charge in [0.15, 0.2) is 0 Å². The highest BCUT2D eigenvalue weighted by molar-refractivity contribution is 7.89. The van der Waals surface area contributed by atoms with Crippen LogP contribution in [0.2, 0.25) is 0 Å². The van der Waals surface area contributed by atoms with Crippen molar-refractivity contribution >= 4 is 15.9 Å². The third-order valence-corrected chi connectivity index (χ3v) is 7.84. The number of ether oxygens (including phenoxy) is 1. The third-order valence-electron chi connectivity index (χ3n) is 5.98. The van der Waals surface area contributed by atoms with Gasteiger partial charge in [-0.2, -0.15) is 4.31 Å². The van der Waals surface area contributed by atoms with E-state index in [-0.39, 0.29) is 29.9 Å². The van der Waals surface area contributed by atoms with Crippen LogP contribution in [-0.4, -0.2) is 44.9 Å². The molecule has 1 saturated carbocycles. The second-order valence-electron chi connectivity index (χ2n) is 8.36. The van der Waals surface area contributed by atoms with Crippen molar-refractivity contribution in [2.24, 2.45) is 0 Å². The molecule has 2 aromatic rings. The summed E-state index contributed by atoms with van der Waals surface area (Å²) in [5.74, 6) is 0.350. The van der Waals surface area contributed by atoms with E-state index < -0.39 is 10.0 Å². The quantitative estimate of drug-likeness (QED) is 0.612. The first-order valence-corrected chi connectivity index (χ1v) is 12.9. The van der Waals surface area contributed by atoms with Gasteiger partial charge in [0.2, 0.25) is 15.9 Å². The molecule has 32 heavy (non-hydrogen) atoms. The fourth-order valence-corrected chi connectivity index (χ4v) is 5.51. The zero-order valence-corrected chi connectivity index (χ0v) is 19.6. The Morgan fingerprint density at radius 3 is 2.22 bits per heavy atom. The Bertz CT molecular complexity index is 938. The molecule has 0 radical (unpaired) electrons. The summed E-state index contributed by atoms with van der Waals surface area (Å²) in [6.07, 6.45) is 8.31. The average molecular weight is 459 g/mol. The molecule has 0 atom stereocenters. The number of nitrogens with zero attached hydrogens (tertiary/aromatic N) is 1. The van der Waals surface area contributed by atoms with E-state index in [1.165, 1.54) is 42.8 Å². The van der Waals surface area contributed by atoms with E-state index in [1.807, 2.05) is 30.3 Å². The van der Waals surface area contributed by atoms with E-state index in [4.69, 9.17) is 4.74 Å². The molecule has 0 aliphatic heterocycles. The molecule has 7 heteroatoms. The van der Waals surface area contributed by atoms with Gasteiger partial charge < -0.3 is 10.1 Å². The van der Waals surface area contributed by atoms with Gasteiger partial charge >= 0.3 is 0 Å². The van der Waals surface area contributed by atoms with Crippen LogP contribution >= 0.6 is 0 Å². The van der Waals surface area contributed by atoms with Gasteiger partial charge in [-0.05, 0) is 49.1 Å². The topological polar surface area (TPSA) is 75.7 Å². The van der Waals surface area contributed by atoms with Gasteiger partial charge in [0, 0.05) is 12.6 Å². The smallest absolute Gasteiger partial charge is 0.243 e. The lowest BCUT2D eigenvalue weighted by atomic mass is 9.97. The maximum atomic E-state index is 13.4. The minimum Gasteiger partial charge on any atom is -0.497 e. The Morgan fingerprint density at radius 1 is 0.969 bits per heavy atom. The predicted molar refractivity (Wildman–Crippen MR) is 126 cm³/mol. The number of amides is 1. The molecule has 1 aliphatic rings. The first-order valence-electron chi connectivity index (χ1n) is 11.5. The van der Waals surface area contributed by atoms with Gasteiger partial charge in [0.1, 0.15) is 5.75 Å². The van der Waals surface area contributed by atoms with E-state index in [1.54, 1.807) is 12.1 Å². The summed E-state index contributed by atoms with van der Waals surface area (Å²) < 4.78 is 33.2. The molecule has 3 rings (SSSR count). The van der Waals surface area contributed by atoms with Crippen LogP contribution < -0.4 is 10.1 Å². The number of hydrogen-bond acceptors (Lipinski definition) is 4. The van der Waals surface area contributed by atoms with Crippen LogP contribution in [0, 0.1) is 0 Å². The van der Waals surface area contributed by atoms with Gasteiger partial charge in [0.05, 0.1) is 18.6 Å². The third kappa shape index (κ3) is 7.07. The highest BCUT2D eigenvalue weighted by atomic mass is 32.2. The number of methoxy groups -OCH3 is 1. The minimum absolute atomic E-state index is 0.127. The fraction of sp³-hybridized carbons (Fsp3) is 0.480. The zero-order chi connectivity index (χ0) is 22.8. The molecule has 1 amide bonds. The molecule has 174 valence electrons. The van der Waals surface area contributed by atoms with Crippen LogP contribution in [-0.2, 0) is 21.2 Å². The molecule has 0 aromatic heterocycles. The Balaban J connectivity index is 1.73. The maximum absolute atomic E-state index is 13.4. The molecule has 0 unspecified atom stereocenters. The van der Waals surface area contributed by atoms with Gasteiger partial charge in [-0.3, -0.25) is 4.79 Å². The SMILES string of the molecule is COc1ccc(S(=O)(=O)N(CCc2ccccc2)CC(=O)NC2CCCCCCC2)cc1. The van der Waals surface area contributed by atoms with Crippen molar-refractivity contribution < 1.29 is 17.9 Å². The largest absolute Gasteiger partial charge is 0.497 e. The van der Waals surface area contributed by atoms with Crippen molar-refractivity contribution in [3.63, 3.8) is 0 Å². The van der Waals surface area contributed by atoms with Crippen molar-refractivity contribution in [1.82, 2.24) is 9.62 Å². The molecule has 2 aromatic carbocycles. The van der Waals surface area contributed by atoms with Crippen LogP contribution in [0.3, 0.4) is 0 Å². The molecule has 0 saturated heterocycles. The second kappa shape index (κ2) is 12.0. The summed E-state index contributed by atoms with van der Waals surface area (Å²) in [6.45, 7) is 0.0498. The number of carbonyl (C=O) groups excluding carboxylic acids is 1. The van der Waals surface area contributed by atoms with E-state index in [0.717, 1.165) is 31.2 Å². The molecule has 0 spiro atoms. The molecule has 1 aliphatic carbocycles. The lowest BCUT2D eigenvalue weighted by Gasteiger charge is -2.25. The number of sulfonamides is 1.